The van der Waals surface area contributed by atoms with Crippen molar-refractivity contribution in [2.75, 3.05) is 11.4 Å². The highest BCUT2D eigenvalue weighted by Gasteiger charge is 2.19. The molecule has 5 heteroatoms. The van der Waals surface area contributed by atoms with E-state index < -0.39 is 0 Å². The van der Waals surface area contributed by atoms with E-state index in [0.29, 0.717) is 12.2 Å². The van der Waals surface area contributed by atoms with E-state index in [4.69, 9.17) is 0 Å². The summed E-state index contributed by atoms with van der Waals surface area (Å²) >= 11 is 1.59. The third kappa shape index (κ3) is 2.20. The number of para-hydroxylation sites is 1. The molecule has 0 unspecified atom stereocenters. The molecule has 0 spiro atoms. The van der Waals surface area contributed by atoms with Gasteiger partial charge >= 0.3 is 0 Å². The molecule has 20 heavy (non-hydrogen) atoms. The maximum atomic E-state index is 12.6. The second-order valence-corrected chi connectivity index (χ2v) is 5.76. The minimum absolute atomic E-state index is 0.0627. The molecule has 0 radical (unpaired) electrons. The highest BCUT2D eigenvalue weighted by atomic mass is 32.1. The van der Waals surface area contributed by atoms with Crippen molar-refractivity contribution in [1.29, 1.82) is 0 Å². The van der Waals surface area contributed by atoms with Crippen molar-refractivity contribution >= 4 is 27.9 Å². The van der Waals surface area contributed by atoms with Gasteiger partial charge in [-0.2, -0.15) is 0 Å². The van der Waals surface area contributed by atoms with Crippen molar-refractivity contribution < 1.29 is 4.79 Å². The molecular weight excluding hydrogens is 270 g/mol. The Morgan fingerprint density at radius 2 is 2.05 bits per heavy atom. The van der Waals surface area contributed by atoms with Crippen LogP contribution in [0.25, 0.3) is 4.96 Å². The molecule has 2 heterocycles. The number of aryl methyl sites for hydroxylation is 1. The molecule has 0 fully saturated rings. The summed E-state index contributed by atoms with van der Waals surface area (Å²) in [4.78, 5) is 20.8. The zero-order valence-electron chi connectivity index (χ0n) is 11.4. The molecule has 0 aliphatic carbocycles. The van der Waals surface area contributed by atoms with Crippen molar-refractivity contribution in [3.8, 4) is 0 Å². The van der Waals surface area contributed by atoms with Gasteiger partial charge in [-0.1, -0.05) is 18.2 Å². The molecule has 102 valence electrons. The predicted molar refractivity (Wildman–Crippen MR) is 81.6 cm³/mol. The van der Waals surface area contributed by atoms with E-state index in [-0.39, 0.29) is 5.91 Å². The molecule has 0 saturated carbocycles. The summed E-state index contributed by atoms with van der Waals surface area (Å²) in [5, 5.41) is 0. The maximum Gasteiger partial charge on any atom is 0.278 e. The Morgan fingerprint density at radius 1 is 1.30 bits per heavy atom. The summed E-state index contributed by atoms with van der Waals surface area (Å²) in [5.41, 5.74) is 1.38. The molecule has 2 aromatic heterocycles. The SMILES string of the molecule is CCN(C(=O)c1cn2cc(C)sc2n1)c1ccccc1. The number of hydrogen-bond donors (Lipinski definition) is 0. The van der Waals surface area contributed by atoms with Crippen LogP contribution in [-0.2, 0) is 0 Å². The third-order valence-corrected chi connectivity index (χ3v) is 4.03. The molecule has 0 aliphatic rings. The van der Waals surface area contributed by atoms with E-state index in [0.717, 1.165) is 10.6 Å². The zero-order valence-corrected chi connectivity index (χ0v) is 12.2. The minimum Gasteiger partial charge on any atom is -0.307 e. The van der Waals surface area contributed by atoms with Gasteiger partial charge in [0.05, 0.1) is 0 Å². The van der Waals surface area contributed by atoms with Crippen molar-refractivity contribution in [2.45, 2.75) is 13.8 Å². The van der Waals surface area contributed by atoms with E-state index >= 15 is 0 Å². The van der Waals surface area contributed by atoms with Gasteiger partial charge in [-0.15, -0.1) is 11.3 Å². The highest BCUT2D eigenvalue weighted by molar-refractivity contribution is 7.17. The lowest BCUT2D eigenvalue weighted by atomic mass is 10.2. The van der Waals surface area contributed by atoms with Crippen LogP contribution in [-0.4, -0.2) is 21.8 Å². The number of fused-ring (bicyclic) bond motifs is 1. The van der Waals surface area contributed by atoms with Gasteiger partial charge in [0, 0.05) is 29.5 Å². The summed E-state index contributed by atoms with van der Waals surface area (Å²) in [5.74, 6) is -0.0627. The van der Waals surface area contributed by atoms with Gasteiger partial charge in [-0.3, -0.25) is 9.20 Å². The highest BCUT2D eigenvalue weighted by Crippen LogP contribution is 2.20. The minimum atomic E-state index is -0.0627. The van der Waals surface area contributed by atoms with Gasteiger partial charge in [0.15, 0.2) is 4.96 Å². The molecular formula is C15H15N3OS. The molecule has 0 atom stereocenters. The number of rotatable bonds is 3. The van der Waals surface area contributed by atoms with Crippen molar-refractivity contribution in [3.63, 3.8) is 0 Å². The predicted octanol–water partition coefficient (Wildman–Crippen LogP) is 3.37. The van der Waals surface area contributed by atoms with E-state index in [1.165, 1.54) is 4.88 Å². The van der Waals surface area contributed by atoms with Crippen LogP contribution in [0.15, 0.2) is 42.7 Å². The number of imidazole rings is 1. The van der Waals surface area contributed by atoms with E-state index in [1.54, 1.807) is 22.4 Å². The average molecular weight is 285 g/mol. The summed E-state index contributed by atoms with van der Waals surface area (Å²) < 4.78 is 1.91. The molecule has 3 aromatic rings. The molecule has 1 aromatic carbocycles. The van der Waals surface area contributed by atoms with Crippen molar-refractivity contribution in [2.24, 2.45) is 0 Å². The normalized spacial score (nSPS) is 10.9. The lowest BCUT2D eigenvalue weighted by Crippen LogP contribution is -2.30. The smallest absolute Gasteiger partial charge is 0.278 e. The third-order valence-electron chi connectivity index (χ3n) is 3.12. The maximum absolute atomic E-state index is 12.6. The zero-order chi connectivity index (χ0) is 14.1. The first-order chi connectivity index (χ1) is 9.69. The Kier molecular flexibility index (Phi) is 3.28. The Hall–Kier alpha value is -2.14. The van der Waals surface area contributed by atoms with E-state index in [9.17, 15) is 4.79 Å². The van der Waals surface area contributed by atoms with Gasteiger partial charge < -0.3 is 4.90 Å². The molecule has 3 rings (SSSR count). The number of hydrogen-bond acceptors (Lipinski definition) is 3. The Balaban J connectivity index is 1.95. The topological polar surface area (TPSA) is 37.6 Å². The number of amides is 1. The Labute approximate surface area is 121 Å². The number of thiazole rings is 1. The molecule has 1 amide bonds. The Morgan fingerprint density at radius 3 is 2.70 bits per heavy atom. The number of carbonyl (C=O) groups excluding carboxylic acids is 1. The number of nitrogens with zero attached hydrogens (tertiary/aromatic N) is 3. The van der Waals surface area contributed by atoms with Gasteiger partial charge in [-0.05, 0) is 26.0 Å². The van der Waals surface area contributed by atoms with Crippen LogP contribution in [0.3, 0.4) is 0 Å². The summed E-state index contributed by atoms with van der Waals surface area (Å²) in [6.07, 6.45) is 3.79. The quantitative estimate of drug-likeness (QED) is 0.740. The second kappa shape index (κ2) is 5.09. The van der Waals surface area contributed by atoms with Crippen molar-refractivity contribution in [3.05, 3.63) is 53.3 Å². The van der Waals surface area contributed by atoms with Gasteiger partial charge in [-0.25, -0.2) is 4.98 Å². The molecule has 0 N–H and O–H groups in total. The van der Waals surface area contributed by atoms with Crippen LogP contribution in [0.2, 0.25) is 0 Å². The first-order valence-electron chi connectivity index (χ1n) is 6.51. The largest absolute Gasteiger partial charge is 0.307 e. The van der Waals surface area contributed by atoms with Crippen LogP contribution in [0.1, 0.15) is 22.3 Å². The molecule has 0 aliphatic heterocycles. The second-order valence-electron chi connectivity index (χ2n) is 4.54. The average Bonchev–Trinajstić information content (AvgIpc) is 2.98. The standard InChI is InChI=1S/C15H15N3OS/c1-3-18(12-7-5-4-6-8-12)14(19)13-10-17-9-11(2)20-15(17)16-13/h4-10H,3H2,1-2H3. The van der Waals surface area contributed by atoms with E-state index in [1.807, 2.05) is 54.8 Å². The van der Waals surface area contributed by atoms with Crippen LogP contribution in [0, 0.1) is 6.92 Å². The molecule has 4 nitrogen and oxygen atoms in total. The fraction of sp³-hybridized carbons (Fsp3) is 0.200. The van der Waals surface area contributed by atoms with Crippen molar-refractivity contribution in [1.82, 2.24) is 9.38 Å². The summed E-state index contributed by atoms with van der Waals surface area (Å²) in [7, 11) is 0. The number of anilines is 1. The summed E-state index contributed by atoms with van der Waals surface area (Å²) in [6.45, 7) is 4.61. The monoisotopic (exact) mass is 285 g/mol. The molecule has 0 saturated heterocycles. The fourth-order valence-electron chi connectivity index (χ4n) is 2.20. The lowest BCUT2D eigenvalue weighted by Gasteiger charge is -2.19. The Bertz CT molecular complexity index is 713. The van der Waals surface area contributed by atoms with Crippen LogP contribution in [0.4, 0.5) is 5.69 Å². The van der Waals surface area contributed by atoms with Crippen LogP contribution in [0.5, 0.6) is 0 Å². The lowest BCUT2D eigenvalue weighted by molar-refractivity contribution is 0.0984. The van der Waals surface area contributed by atoms with Crippen LogP contribution < -0.4 is 4.90 Å². The van der Waals surface area contributed by atoms with Gasteiger partial charge in [0.25, 0.3) is 5.91 Å². The summed E-state index contributed by atoms with van der Waals surface area (Å²) in [6, 6.07) is 9.67. The van der Waals surface area contributed by atoms with Crippen LogP contribution >= 0.6 is 11.3 Å². The van der Waals surface area contributed by atoms with E-state index in [2.05, 4.69) is 4.98 Å². The number of benzene rings is 1. The van der Waals surface area contributed by atoms with Gasteiger partial charge in [0.1, 0.15) is 5.69 Å². The van der Waals surface area contributed by atoms with Gasteiger partial charge in [0.2, 0.25) is 0 Å². The number of carbonyl (C=O) groups is 1. The first-order valence-corrected chi connectivity index (χ1v) is 7.32. The first kappa shape index (κ1) is 12.9. The molecule has 0 bridgehead atoms. The fourth-order valence-corrected chi connectivity index (χ4v) is 3.01. The number of aromatic nitrogens is 2.